The van der Waals surface area contributed by atoms with E-state index in [1.165, 1.54) is 18.3 Å². The average Bonchev–Trinajstić information content (AvgIpc) is 3.42. The summed E-state index contributed by atoms with van der Waals surface area (Å²) in [5, 5.41) is 4.21. The minimum atomic E-state index is -1.07. The molecule has 2 aliphatic rings. The highest BCUT2D eigenvalue weighted by atomic mass is 19.1. The van der Waals surface area contributed by atoms with Crippen molar-refractivity contribution in [3.63, 3.8) is 0 Å². The number of anilines is 1. The van der Waals surface area contributed by atoms with Crippen LogP contribution in [0, 0.1) is 5.82 Å². The van der Waals surface area contributed by atoms with Gasteiger partial charge in [0.15, 0.2) is 0 Å². The van der Waals surface area contributed by atoms with Gasteiger partial charge >= 0.3 is 5.97 Å². The fourth-order valence-corrected chi connectivity index (χ4v) is 4.73. The van der Waals surface area contributed by atoms with Crippen molar-refractivity contribution in [2.24, 2.45) is 0 Å². The standard InChI is InChI=1S/C25H27F2N3O4/c1-2-33-25(31)22-14-28-30-6-3-19(13-24(22)30)29-15-18(27)12-23(29)16-9-17(26)11-21(10-16)34-20-4-7-32-8-5-20/h3,6,9-11,13-14,18,20,23H,2,4-5,7-8,12,15H2,1H3/t18-,23+/m0/s1. The molecule has 9 heteroatoms. The van der Waals surface area contributed by atoms with Gasteiger partial charge < -0.3 is 19.1 Å². The Kier molecular flexibility index (Phi) is 6.36. The lowest BCUT2D eigenvalue weighted by atomic mass is 10.0. The van der Waals surface area contributed by atoms with E-state index in [1.54, 1.807) is 29.8 Å². The Morgan fingerprint density at radius 2 is 2.06 bits per heavy atom. The van der Waals surface area contributed by atoms with Gasteiger partial charge in [0.25, 0.3) is 0 Å². The third kappa shape index (κ3) is 4.57. The number of carbonyl (C=O) groups excluding carboxylic acids is 1. The van der Waals surface area contributed by atoms with Gasteiger partial charge in [-0.3, -0.25) is 0 Å². The van der Waals surface area contributed by atoms with Crippen LogP contribution in [0.3, 0.4) is 0 Å². The number of benzene rings is 1. The largest absolute Gasteiger partial charge is 0.490 e. The number of carbonyl (C=O) groups is 1. The van der Waals surface area contributed by atoms with Crippen LogP contribution in [0.5, 0.6) is 5.75 Å². The number of esters is 1. The van der Waals surface area contributed by atoms with Crippen LogP contribution in [0.2, 0.25) is 0 Å². The van der Waals surface area contributed by atoms with Gasteiger partial charge in [-0.25, -0.2) is 18.1 Å². The normalized spacial score (nSPS) is 21.2. The first-order valence-electron chi connectivity index (χ1n) is 11.6. The molecular weight excluding hydrogens is 444 g/mol. The summed E-state index contributed by atoms with van der Waals surface area (Å²) in [7, 11) is 0. The maximum absolute atomic E-state index is 14.7. The molecule has 7 nitrogen and oxygen atoms in total. The summed E-state index contributed by atoms with van der Waals surface area (Å²) in [6, 6.07) is 7.85. The fraction of sp³-hybridized carbons (Fsp3) is 0.440. The van der Waals surface area contributed by atoms with E-state index in [9.17, 15) is 13.6 Å². The molecule has 2 aromatic heterocycles. The van der Waals surface area contributed by atoms with E-state index in [1.807, 2.05) is 11.0 Å². The quantitative estimate of drug-likeness (QED) is 0.494. The van der Waals surface area contributed by atoms with Gasteiger partial charge in [0.2, 0.25) is 0 Å². The van der Waals surface area contributed by atoms with Crippen LogP contribution in [0.4, 0.5) is 14.5 Å². The van der Waals surface area contributed by atoms with Crippen molar-refractivity contribution in [1.29, 1.82) is 0 Å². The molecule has 0 unspecified atom stereocenters. The Morgan fingerprint density at radius 3 is 2.85 bits per heavy atom. The second kappa shape index (κ2) is 9.58. The van der Waals surface area contributed by atoms with Crippen molar-refractivity contribution in [2.45, 2.75) is 44.5 Å². The number of aromatic nitrogens is 2. The SMILES string of the molecule is CCOC(=O)c1cnn2ccc(N3C[C@@H](F)C[C@@H]3c3cc(F)cc(OC4CCOCC4)c3)cc12. The van der Waals surface area contributed by atoms with E-state index in [0.717, 1.165) is 18.5 Å². The summed E-state index contributed by atoms with van der Waals surface area (Å²) in [5.74, 6) is -0.436. The number of nitrogens with zero attached hydrogens (tertiary/aromatic N) is 3. The topological polar surface area (TPSA) is 65.3 Å². The second-order valence-electron chi connectivity index (χ2n) is 8.64. The number of hydrogen-bond acceptors (Lipinski definition) is 6. The van der Waals surface area contributed by atoms with Crippen molar-refractivity contribution in [2.75, 3.05) is 31.3 Å². The number of hydrogen-bond donors (Lipinski definition) is 0. The average molecular weight is 472 g/mol. The van der Waals surface area contributed by atoms with Gasteiger partial charge in [0.05, 0.1) is 37.6 Å². The van der Waals surface area contributed by atoms with Crippen LogP contribution >= 0.6 is 0 Å². The zero-order chi connectivity index (χ0) is 23.7. The molecule has 2 atom stereocenters. The maximum atomic E-state index is 14.7. The van der Waals surface area contributed by atoms with Gasteiger partial charge in [-0.1, -0.05) is 0 Å². The molecule has 34 heavy (non-hydrogen) atoms. The van der Waals surface area contributed by atoms with Crippen molar-refractivity contribution in [3.05, 3.63) is 59.7 Å². The summed E-state index contributed by atoms with van der Waals surface area (Å²) in [5.41, 5.74) is 2.29. The summed E-state index contributed by atoms with van der Waals surface area (Å²) in [6.07, 6.45) is 3.82. The number of alkyl halides is 1. The summed E-state index contributed by atoms with van der Waals surface area (Å²) >= 11 is 0. The van der Waals surface area contributed by atoms with Crippen LogP contribution in [-0.2, 0) is 9.47 Å². The zero-order valence-corrected chi connectivity index (χ0v) is 19.0. The molecule has 1 aromatic carbocycles. The lowest BCUT2D eigenvalue weighted by Crippen LogP contribution is -2.26. The Hall–Kier alpha value is -3.20. The van der Waals surface area contributed by atoms with Gasteiger partial charge in [-0.2, -0.15) is 5.10 Å². The zero-order valence-electron chi connectivity index (χ0n) is 19.0. The van der Waals surface area contributed by atoms with Crippen LogP contribution in [0.15, 0.2) is 42.7 Å². The van der Waals surface area contributed by atoms with Gasteiger partial charge in [0.1, 0.15) is 29.4 Å². The van der Waals surface area contributed by atoms with Crippen molar-refractivity contribution in [3.8, 4) is 5.75 Å². The molecule has 0 saturated carbocycles. The molecular formula is C25H27F2N3O4. The number of halogens is 2. The first kappa shape index (κ1) is 22.6. The molecule has 2 saturated heterocycles. The molecule has 3 aromatic rings. The monoisotopic (exact) mass is 471 g/mol. The molecule has 0 N–H and O–H groups in total. The van der Waals surface area contributed by atoms with Crippen molar-refractivity contribution >= 4 is 17.2 Å². The third-order valence-electron chi connectivity index (χ3n) is 6.33. The third-order valence-corrected chi connectivity index (χ3v) is 6.33. The highest BCUT2D eigenvalue weighted by Gasteiger charge is 2.34. The number of ether oxygens (including phenoxy) is 3. The van der Waals surface area contributed by atoms with E-state index in [4.69, 9.17) is 14.2 Å². The molecule has 0 bridgehead atoms. The highest BCUT2D eigenvalue weighted by Crippen LogP contribution is 2.39. The number of rotatable bonds is 6. The van der Waals surface area contributed by atoms with Crippen molar-refractivity contribution < 1.29 is 27.8 Å². The smallest absolute Gasteiger partial charge is 0.341 e. The molecule has 4 heterocycles. The highest BCUT2D eigenvalue weighted by molar-refractivity contribution is 5.97. The summed E-state index contributed by atoms with van der Waals surface area (Å²) < 4.78 is 47.3. The van der Waals surface area contributed by atoms with Crippen LogP contribution in [0.1, 0.15) is 48.1 Å². The first-order valence-corrected chi connectivity index (χ1v) is 11.6. The van der Waals surface area contributed by atoms with Gasteiger partial charge in [-0.15, -0.1) is 0 Å². The maximum Gasteiger partial charge on any atom is 0.341 e. The van der Waals surface area contributed by atoms with E-state index in [0.29, 0.717) is 35.6 Å². The van der Waals surface area contributed by atoms with E-state index in [-0.39, 0.29) is 31.7 Å². The second-order valence-corrected chi connectivity index (χ2v) is 8.64. The fourth-order valence-electron chi connectivity index (χ4n) is 4.73. The minimum absolute atomic E-state index is 0.0254. The van der Waals surface area contributed by atoms with Crippen LogP contribution < -0.4 is 9.64 Å². The number of fused-ring (bicyclic) bond motifs is 1. The molecule has 180 valence electrons. The Balaban J connectivity index is 1.45. The Bertz CT molecular complexity index is 1180. The van der Waals surface area contributed by atoms with Gasteiger partial charge in [0, 0.05) is 43.8 Å². The lowest BCUT2D eigenvalue weighted by Gasteiger charge is -2.28. The van der Waals surface area contributed by atoms with E-state index in [2.05, 4.69) is 5.10 Å². The Labute approximate surface area is 196 Å². The minimum Gasteiger partial charge on any atom is -0.490 e. The molecule has 0 aliphatic carbocycles. The lowest BCUT2D eigenvalue weighted by molar-refractivity contribution is 0.0254. The van der Waals surface area contributed by atoms with Gasteiger partial charge in [-0.05, 0) is 36.8 Å². The molecule has 0 spiro atoms. The molecule has 0 amide bonds. The predicted molar refractivity (Wildman–Crippen MR) is 122 cm³/mol. The number of pyridine rings is 1. The Morgan fingerprint density at radius 1 is 1.24 bits per heavy atom. The summed E-state index contributed by atoms with van der Waals surface area (Å²) in [6.45, 7) is 3.40. The van der Waals surface area contributed by atoms with E-state index >= 15 is 0 Å². The van der Waals surface area contributed by atoms with E-state index < -0.39 is 18.0 Å². The summed E-state index contributed by atoms with van der Waals surface area (Å²) in [4.78, 5) is 14.2. The predicted octanol–water partition coefficient (Wildman–Crippen LogP) is 4.50. The van der Waals surface area contributed by atoms with Crippen molar-refractivity contribution in [1.82, 2.24) is 9.61 Å². The molecule has 2 fully saturated rings. The molecule has 5 rings (SSSR count). The molecule has 0 radical (unpaired) electrons. The molecule has 2 aliphatic heterocycles. The van der Waals surface area contributed by atoms with Crippen LogP contribution in [0.25, 0.3) is 5.52 Å². The van der Waals surface area contributed by atoms with Crippen LogP contribution in [-0.4, -0.2) is 54.2 Å². The first-order chi connectivity index (χ1) is 16.5.